The Hall–Kier alpha value is -1.59. The molecule has 0 bridgehead atoms. The summed E-state index contributed by atoms with van der Waals surface area (Å²) in [6.45, 7) is 5.58. The smallest absolute Gasteiger partial charge is 0.246 e. The minimum absolute atomic E-state index is 0.0113. The van der Waals surface area contributed by atoms with Gasteiger partial charge in [0, 0.05) is 25.6 Å². The van der Waals surface area contributed by atoms with Gasteiger partial charge in [0.1, 0.15) is 6.54 Å². The molecule has 0 radical (unpaired) electrons. The lowest BCUT2D eigenvalue weighted by molar-refractivity contribution is -0.139. The van der Waals surface area contributed by atoms with Crippen LogP contribution in [0.3, 0.4) is 0 Å². The van der Waals surface area contributed by atoms with Crippen molar-refractivity contribution in [3.05, 3.63) is 29.3 Å². The van der Waals surface area contributed by atoms with Crippen molar-refractivity contribution in [3.8, 4) is 0 Å². The quantitative estimate of drug-likeness (QED) is 0.826. The van der Waals surface area contributed by atoms with E-state index in [1.165, 1.54) is 19.3 Å². The molecule has 2 fully saturated rings. The number of anilines is 1. The van der Waals surface area contributed by atoms with E-state index >= 15 is 0 Å². The van der Waals surface area contributed by atoms with Gasteiger partial charge in [-0.1, -0.05) is 30.2 Å². The Bertz CT molecular complexity index is 631. The van der Waals surface area contributed by atoms with Crippen LogP contribution in [0.1, 0.15) is 32.6 Å². The van der Waals surface area contributed by atoms with Gasteiger partial charge in [-0.2, -0.15) is 0 Å². The van der Waals surface area contributed by atoms with Gasteiger partial charge in [-0.15, -0.1) is 0 Å². The van der Waals surface area contributed by atoms with Gasteiger partial charge < -0.3 is 14.7 Å². The molecule has 3 rings (SSSR count). The summed E-state index contributed by atoms with van der Waals surface area (Å²) in [7, 11) is 0. The van der Waals surface area contributed by atoms with E-state index in [2.05, 4.69) is 4.90 Å². The molecule has 2 aliphatic rings. The first-order valence-corrected chi connectivity index (χ1v) is 9.51. The van der Waals surface area contributed by atoms with Crippen LogP contribution >= 0.6 is 11.6 Å². The Morgan fingerprint density at radius 2 is 1.92 bits per heavy atom. The molecule has 1 unspecified atom stereocenters. The fourth-order valence-electron chi connectivity index (χ4n) is 3.67. The molecule has 2 saturated heterocycles. The minimum Gasteiger partial charge on any atom is -0.329 e. The van der Waals surface area contributed by atoms with Crippen LogP contribution in [0.2, 0.25) is 5.02 Å². The maximum atomic E-state index is 12.6. The molecule has 5 nitrogen and oxygen atoms in total. The number of amides is 2. The molecule has 2 amide bonds. The molecule has 0 spiro atoms. The minimum atomic E-state index is -0.0717. The molecule has 6 heteroatoms. The first-order valence-electron chi connectivity index (χ1n) is 9.13. The molecule has 136 valence electrons. The van der Waals surface area contributed by atoms with Crippen molar-refractivity contribution in [2.24, 2.45) is 0 Å². The standard InChI is InChI=1S/C19H26ClN3O2/c1-15-13-23(17-8-4-3-7-16(17)20)19(25)14-22(15)18(24)9-12-21-10-5-2-6-11-21/h3-4,7-8,15H,2,5-6,9-14H2,1H3. The van der Waals surface area contributed by atoms with Gasteiger partial charge in [0.25, 0.3) is 0 Å². The van der Waals surface area contributed by atoms with Crippen LogP contribution in [-0.4, -0.2) is 60.4 Å². The maximum Gasteiger partial charge on any atom is 0.246 e. The number of rotatable bonds is 4. The Balaban J connectivity index is 1.59. The van der Waals surface area contributed by atoms with E-state index in [4.69, 9.17) is 11.6 Å². The highest BCUT2D eigenvalue weighted by Gasteiger charge is 2.33. The lowest BCUT2D eigenvalue weighted by Crippen LogP contribution is -2.57. The second-order valence-electron chi connectivity index (χ2n) is 6.98. The van der Waals surface area contributed by atoms with Gasteiger partial charge in [0.05, 0.1) is 10.7 Å². The molecule has 0 aliphatic carbocycles. The predicted molar refractivity (Wildman–Crippen MR) is 99.9 cm³/mol. The van der Waals surface area contributed by atoms with Crippen LogP contribution < -0.4 is 4.90 Å². The highest BCUT2D eigenvalue weighted by Crippen LogP contribution is 2.28. The maximum absolute atomic E-state index is 12.6. The van der Waals surface area contributed by atoms with E-state index in [0.29, 0.717) is 18.0 Å². The summed E-state index contributed by atoms with van der Waals surface area (Å²) >= 11 is 6.23. The third-order valence-corrected chi connectivity index (χ3v) is 5.46. The molecule has 25 heavy (non-hydrogen) atoms. The van der Waals surface area contributed by atoms with Crippen LogP contribution in [-0.2, 0) is 9.59 Å². The number of likely N-dealkylation sites (tertiary alicyclic amines) is 1. The Kier molecular flexibility index (Phi) is 5.97. The lowest BCUT2D eigenvalue weighted by Gasteiger charge is -2.40. The van der Waals surface area contributed by atoms with Crippen LogP contribution in [0.5, 0.6) is 0 Å². The number of hydrogen-bond acceptors (Lipinski definition) is 3. The molecule has 1 aromatic rings. The van der Waals surface area contributed by atoms with Crippen molar-refractivity contribution in [2.75, 3.05) is 37.6 Å². The summed E-state index contributed by atoms with van der Waals surface area (Å²) in [6, 6.07) is 7.34. The number of benzene rings is 1. The predicted octanol–water partition coefficient (Wildman–Crippen LogP) is 2.78. The average molecular weight is 364 g/mol. The van der Waals surface area contributed by atoms with Crippen LogP contribution in [0.15, 0.2) is 24.3 Å². The zero-order chi connectivity index (χ0) is 17.8. The first-order chi connectivity index (χ1) is 12.1. The van der Waals surface area contributed by atoms with Crippen molar-refractivity contribution in [2.45, 2.75) is 38.6 Å². The number of piperazine rings is 1. The molecule has 1 atom stereocenters. The van der Waals surface area contributed by atoms with Crippen molar-refractivity contribution < 1.29 is 9.59 Å². The van der Waals surface area contributed by atoms with Gasteiger partial charge >= 0.3 is 0 Å². The van der Waals surface area contributed by atoms with Gasteiger partial charge in [-0.25, -0.2) is 0 Å². The molecular weight excluding hydrogens is 338 g/mol. The number of piperidine rings is 1. The molecular formula is C19H26ClN3O2. The van der Waals surface area contributed by atoms with Crippen molar-refractivity contribution in [1.82, 2.24) is 9.80 Å². The highest BCUT2D eigenvalue weighted by molar-refractivity contribution is 6.33. The largest absolute Gasteiger partial charge is 0.329 e. The van der Waals surface area contributed by atoms with Gasteiger partial charge in [0.2, 0.25) is 11.8 Å². The van der Waals surface area contributed by atoms with Crippen LogP contribution in [0.25, 0.3) is 0 Å². The summed E-state index contributed by atoms with van der Waals surface area (Å²) in [5.74, 6) is 0.00255. The number of carbonyl (C=O) groups is 2. The number of halogens is 1. The molecule has 2 heterocycles. The normalized spacial score (nSPS) is 22.3. The second kappa shape index (κ2) is 8.19. The summed E-state index contributed by atoms with van der Waals surface area (Å²) in [6.07, 6.45) is 4.23. The van der Waals surface area contributed by atoms with E-state index < -0.39 is 0 Å². The number of hydrogen-bond donors (Lipinski definition) is 0. The van der Waals surface area contributed by atoms with E-state index in [1.54, 1.807) is 15.9 Å². The summed E-state index contributed by atoms with van der Waals surface area (Å²) < 4.78 is 0. The Morgan fingerprint density at radius 3 is 2.64 bits per heavy atom. The third kappa shape index (κ3) is 4.33. The molecule has 1 aromatic carbocycles. The van der Waals surface area contributed by atoms with Crippen molar-refractivity contribution in [3.63, 3.8) is 0 Å². The summed E-state index contributed by atoms with van der Waals surface area (Å²) in [5.41, 5.74) is 0.724. The zero-order valence-corrected chi connectivity index (χ0v) is 15.5. The molecule has 0 N–H and O–H groups in total. The monoisotopic (exact) mass is 363 g/mol. The van der Waals surface area contributed by atoms with Gasteiger partial charge in [-0.05, 0) is 45.0 Å². The van der Waals surface area contributed by atoms with E-state index in [0.717, 1.165) is 25.3 Å². The number of nitrogens with zero attached hydrogens (tertiary/aromatic N) is 3. The third-order valence-electron chi connectivity index (χ3n) is 5.14. The van der Waals surface area contributed by atoms with Crippen LogP contribution in [0, 0.1) is 0 Å². The Labute approximate surface area is 154 Å². The zero-order valence-electron chi connectivity index (χ0n) is 14.8. The van der Waals surface area contributed by atoms with Crippen LogP contribution in [0.4, 0.5) is 5.69 Å². The van der Waals surface area contributed by atoms with E-state index in [-0.39, 0.29) is 24.4 Å². The van der Waals surface area contributed by atoms with Crippen molar-refractivity contribution in [1.29, 1.82) is 0 Å². The number of para-hydroxylation sites is 1. The molecule has 0 saturated carbocycles. The summed E-state index contributed by atoms with van der Waals surface area (Å²) in [4.78, 5) is 31.0. The fourth-order valence-corrected chi connectivity index (χ4v) is 3.91. The van der Waals surface area contributed by atoms with E-state index in [9.17, 15) is 9.59 Å². The van der Waals surface area contributed by atoms with Gasteiger partial charge in [-0.3, -0.25) is 9.59 Å². The van der Waals surface area contributed by atoms with E-state index in [1.807, 2.05) is 25.1 Å². The number of carbonyl (C=O) groups excluding carboxylic acids is 2. The molecule has 2 aliphatic heterocycles. The van der Waals surface area contributed by atoms with Crippen molar-refractivity contribution >= 4 is 29.1 Å². The summed E-state index contributed by atoms with van der Waals surface area (Å²) in [5, 5.41) is 0.563. The fraction of sp³-hybridized carbons (Fsp3) is 0.579. The topological polar surface area (TPSA) is 43.9 Å². The first kappa shape index (κ1) is 18.2. The average Bonchev–Trinajstić information content (AvgIpc) is 2.63. The SMILES string of the molecule is CC1CN(c2ccccc2Cl)C(=O)CN1C(=O)CCN1CCCCC1. The second-order valence-corrected chi connectivity index (χ2v) is 7.39. The highest BCUT2D eigenvalue weighted by atomic mass is 35.5. The Morgan fingerprint density at radius 1 is 1.20 bits per heavy atom. The lowest BCUT2D eigenvalue weighted by atomic mass is 10.1. The van der Waals surface area contributed by atoms with Gasteiger partial charge in [0.15, 0.2) is 0 Å². The molecule has 0 aromatic heterocycles.